The molecule has 0 aromatic carbocycles. The van der Waals surface area contributed by atoms with Gasteiger partial charge in [0.15, 0.2) is 0 Å². The molecule has 0 bridgehead atoms. The van der Waals surface area contributed by atoms with Crippen LogP contribution in [-0.4, -0.2) is 17.6 Å². The zero-order valence-electron chi connectivity index (χ0n) is 10.5. The van der Waals surface area contributed by atoms with Gasteiger partial charge in [0.1, 0.15) is 11.3 Å². The van der Waals surface area contributed by atoms with Gasteiger partial charge in [-0.1, -0.05) is 0 Å². The van der Waals surface area contributed by atoms with Gasteiger partial charge in [-0.3, -0.25) is 4.98 Å². The highest BCUT2D eigenvalue weighted by Gasteiger charge is 2.16. The van der Waals surface area contributed by atoms with Crippen molar-refractivity contribution in [3.63, 3.8) is 0 Å². The Morgan fingerprint density at radius 3 is 3.11 bits per heavy atom. The molecule has 0 aliphatic rings. The molecule has 100 valence electrons. The van der Waals surface area contributed by atoms with Crippen LogP contribution in [0.1, 0.15) is 23.0 Å². The van der Waals surface area contributed by atoms with Crippen molar-refractivity contribution in [1.29, 1.82) is 0 Å². The van der Waals surface area contributed by atoms with Gasteiger partial charge in [-0.2, -0.15) is 0 Å². The topological polar surface area (TPSA) is 78.3 Å². The molecule has 0 radical (unpaired) electrons. The van der Waals surface area contributed by atoms with Crippen LogP contribution in [-0.2, 0) is 10.5 Å². The second-order valence-corrected chi connectivity index (χ2v) is 4.70. The summed E-state index contributed by atoms with van der Waals surface area (Å²) in [4.78, 5) is 16.5. The highest BCUT2D eigenvalue weighted by Crippen LogP contribution is 2.28. The average molecular weight is 278 g/mol. The van der Waals surface area contributed by atoms with Gasteiger partial charge in [0.05, 0.1) is 30.5 Å². The highest BCUT2D eigenvalue weighted by atomic mass is 32.2. The number of carbonyl (C=O) groups excluding carboxylic acids is 1. The number of aromatic nitrogens is 1. The van der Waals surface area contributed by atoms with Crippen molar-refractivity contribution in [3.8, 4) is 0 Å². The third-order valence-corrected chi connectivity index (χ3v) is 3.50. The van der Waals surface area contributed by atoms with Crippen molar-refractivity contribution in [2.24, 2.45) is 0 Å². The lowest BCUT2D eigenvalue weighted by Crippen LogP contribution is -2.05. The van der Waals surface area contributed by atoms with Crippen molar-refractivity contribution < 1.29 is 13.9 Å². The first-order chi connectivity index (χ1) is 9.22. The Morgan fingerprint density at radius 2 is 2.37 bits per heavy atom. The zero-order valence-corrected chi connectivity index (χ0v) is 11.3. The number of hydrogen-bond acceptors (Lipinski definition) is 6. The largest absolute Gasteiger partial charge is 0.468 e. The third kappa shape index (κ3) is 3.29. The van der Waals surface area contributed by atoms with Gasteiger partial charge in [-0.25, -0.2) is 4.79 Å². The molecular formula is C13H14N2O3S. The van der Waals surface area contributed by atoms with Crippen molar-refractivity contribution >= 4 is 23.4 Å². The van der Waals surface area contributed by atoms with E-state index in [0.717, 1.165) is 4.90 Å². The number of nitrogens with two attached hydrogens (primary N) is 1. The summed E-state index contributed by atoms with van der Waals surface area (Å²) < 4.78 is 10.3. The van der Waals surface area contributed by atoms with Gasteiger partial charge in [0.2, 0.25) is 0 Å². The van der Waals surface area contributed by atoms with E-state index in [-0.39, 0.29) is 5.97 Å². The molecule has 2 N–H and O–H groups in total. The van der Waals surface area contributed by atoms with Crippen LogP contribution in [0.5, 0.6) is 0 Å². The van der Waals surface area contributed by atoms with E-state index in [9.17, 15) is 4.79 Å². The highest BCUT2D eigenvalue weighted by molar-refractivity contribution is 7.98. The lowest BCUT2D eigenvalue weighted by molar-refractivity contribution is 0.0524. The molecule has 5 nitrogen and oxygen atoms in total. The molecule has 2 aromatic rings. The van der Waals surface area contributed by atoms with Gasteiger partial charge in [-0.15, -0.1) is 11.8 Å². The first-order valence-electron chi connectivity index (χ1n) is 5.78. The van der Waals surface area contributed by atoms with Crippen LogP contribution in [0.15, 0.2) is 40.1 Å². The molecule has 0 aliphatic carbocycles. The molecule has 0 saturated heterocycles. The average Bonchev–Trinajstić information content (AvgIpc) is 2.86. The minimum absolute atomic E-state index is 0.341. The lowest BCUT2D eigenvalue weighted by atomic mass is 10.3. The number of carbonyl (C=O) groups is 1. The number of anilines is 1. The molecule has 2 rings (SSSR count). The quantitative estimate of drug-likeness (QED) is 0.669. The fourth-order valence-electron chi connectivity index (χ4n) is 1.51. The van der Waals surface area contributed by atoms with Crippen LogP contribution in [0.3, 0.4) is 0 Å². The molecule has 19 heavy (non-hydrogen) atoms. The van der Waals surface area contributed by atoms with Crippen LogP contribution in [0, 0.1) is 0 Å². The Hall–Kier alpha value is -1.95. The number of rotatable bonds is 5. The molecule has 0 unspecified atom stereocenters. The maximum atomic E-state index is 11.7. The maximum Gasteiger partial charge on any atom is 0.341 e. The summed E-state index contributed by atoms with van der Waals surface area (Å²) in [7, 11) is 0. The first-order valence-corrected chi connectivity index (χ1v) is 6.76. The summed E-state index contributed by atoms with van der Waals surface area (Å²) in [6, 6.07) is 3.44. The fourth-order valence-corrected chi connectivity index (χ4v) is 2.40. The van der Waals surface area contributed by atoms with Crippen LogP contribution in [0.2, 0.25) is 0 Å². The summed E-state index contributed by atoms with van der Waals surface area (Å²) in [6.07, 6.45) is 4.75. The number of furan rings is 1. The van der Waals surface area contributed by atoms with Crippen LogP contribution in [0.25, 0.3) is 0 Å². The predicted octanol–water partition coefficient (Wildman–Crippen LogP) is 2.73. The zero-order chi connectivity index (χ0) is 13.7. The number of thioether (sulfide) groups is 1. The molecule has 0 aliphatic heterocycles. The number of pyridine rings is 1. The van der Waals surface area contributed by atoms with E-state index in [4.69, 9.17) is 14.9 Å². The minimum atomic E-state index is -0.366. The summed E-state index contributed by atoms with van der Waals surface area (Å²) >= 11 is 1.49. The summed E-state index contributed by atoms with van der Waals surface area (Å²) in [5.74, 6) is 0.726. The second kappa shape index (κ2) is 6.29. The van der Waals surface area contributed by atoms with Crippen molar-refractivity contribution in [2.75, 3.05) is 12.3 Å². The van der Waals surface area contributed by atoms with Crippen molar-refractivity contribution in [3.05, 3.63) is 42.1 Å². The summed E-state index contributed by atoms with van der Waals surface area (Å²) in [5.41, 5.74) is 6.87. The first kappa shape index (κ1) is 13.5. The third-order valence-electron chi connectivity index (χ3n) is 2.41. The van der Waals surface area contributed by atoms with E-state index in [1.165, 1.54) is 18.0 Å². The van der Waals surface area contributed by atoms with Gasteiger partial charge in [0, 0.05) is 11.1 Å². The van der Waals surface area contributed by atoms with Crippen molar-refractivity contribution in [1.82, 2.24) is 4.98 Å². The summed E-state index contributed by atoms with van der Waals surface area (Å²) in [6.45, 7) is 2.11. The number of nitrogen functional groups attached to an aromatic ring is 1. The molecule has 0 amide bonds. The minimum Gasteiger partial charge on any atom is -0.468 e. The molecule has 0 atom stereocenters. The van der Waals surface area contributed by atoms with E-state index < -0.39 is 0 Å². The Morgan fingerprint density at radius 1 is 1.53 bits per heavy atom. The number of hydrogen-bond donors (Lipinski definition) is 1. The van der Waals surface area contributed by atoms with Gasteiger partial charge in [-0.05, 0) is 19.1 Å². The van der Waals surface area contributed by atoms with E-state index >= 15 is 0 Å². The predicted molar refractivity (Wildman–Crippen MR) is 72.9 cm³/mol. The van der Waals surface area contributed by atoms with Crippen LogP contribution >= 0.6 is 11.8 Å². The van der Waals surface area contributed by atoms with Gasteiger partial charge >= 0.3 is 5.97 Å². The van der Waals surface area contributed by atoms with Gasteiger partial charge < -0.3 is 14.9 Å². The molecule has 2 aromatic heterocycles. The normalized spacial score (nSPS) is 10.4. The number of ether oxygens (including phenoxy) is 1. The number of nitrogens with zero attached hydrogens (tertiary/aromatic N) is 1. The lowest BCUT2D eigenvalue weighted by Gasteiger charge is -2.04. The molecule has 0 fully saturated rings. The Labute approximate surface area is 115 Å². The van der Waals surface area contributed by atoms with Crippen LogP contribution in [0.4, 0.5) is 5.69 Å². The number of esters is 1. The second-order valence-electron chi connectivity index (χ2n) is 3.68. The standard InChI is InChI=1S/C13H14N2O3S/c1-2-17-13(16)9-4-6-18-11(9)8-19-12-3-5-15-7-10(12)14/h3-7H,2,8,14H2,1H3. The smallest absolute Gasteiger partial charge is 0.341 e. The maximum absolute atomic E-state index is 11.7. The Kier molecular flexibility index (Phi) is 4.46. The Bertz CT molecular complexity index is 569. The molecule has 0 saturated carbocycles. The van der Waals surface area contributed by atoms with Crippen LogP contribution < -0.4 is 5.73 Å². The molecule has 2 heterocycles. The fraction of sp³-hybridized carbons (Fsp3) is 0.231. The summed E-state index contributed by atoms with van der Waals surface area (Å²) in [5, 5.41) is 0. The van der Waals surface area contributed by atoms with E-state index in [0.29, 0.717) is 29.4 Å². The van der Waals surface area contributed by atoms with E-state index in [1.807, 2.05) is 6.07 Å². The van der Waals surface area contributed by atoms with E-state index in [2.05, 4.69) is 4.98 Å². The molecule has 6 heteroatoms. The Balaban J connectivity index is 2.06. The monoisotopic (exact) mass is 278 g/mol. The molecule has 0 spiro atoms. The van der Waals surface area contributed by atoms with Crippen molar-refractivity contribution in [2.45, 2.75) is 17.6 Å². The van der Waals surface area contributed by atoms with Gasteiger partial charge in [0.25, 0.3) is 0 Å². The SMILES string of the molecule is CCOC(=O)c1ccoc1CSc1ccncc1N. The molecular weight excluding hydrogens is 264 g/mol. The van der Waals surface area contributed by atoms with E-state index in [1.54, 1.807) is 25.4 Å².